The van der Waals surface area contributed by atoms with Gasteiger partial charge in [0.25, 0.3) is 0 Å². The second-order valence-electron chi connectivity index (χ2n) is 8.36. The van der Waals surface area contributed by atoms with Crippen LogP contribution in [0.4, 0.5) is 0 Å². The fraction of sp³-hybridized carbons (Fsp3) is 0.947. The largest absolute Gasteiger partial charge is 0.369 e. The van der Waals surface area contributed by atoms with Gasteiger partial charge in [0.05, 0.1) is 36.1 Å². The molecule has 5 heteroatoms. The van der Waals surface area contributed by atoms with E-state index in [4.69, 9.17) is 24.2 Å². The molecule has 0 aromatic rings. The number of nitriles is 1. The van der Waals surface area contributed by atoms with Crippen LogP contribution in [0.1, 0.15) is 70.6 Å². The summed E-state index contributed by atoms with van der Waals surface area (Å²) in [7, 11) is 0. The van der Waals surface area contributed by atoms with Crippen LogP contribution in [0.15, 0.2) is 0 Å². The summed E-state index contributed by atoms with van der Waals surface area (Å²) in [4.78, 5) is 0. The molecule has 24 heavy (non-hydrogen) atoms. The second kappa shape index (κ2) is 5.67. The van der Waals surface area contributed by atoms with Crippen LogP contribution in [0.25, 0.3) is 0 Å². The number of fused-ring (bicyclic) bond motifs is 3. The number of hydrogen-bond donors (Lipinski definition) is 0. The van der Waals surface area contributed by atoms with E-state index >= 15 is 0 Å². The van der Waals surface area contributed by atoms with Gasteiger partial charge in [-0.15, -0.1) is 0 Å². The van der Waals surface area contributed by atoms with E-state index in [1.54, 1.807) is 0 Å². The molecule has 0 aromatic heterocycles. The van der Waals surface area contributed by atoms with Gasteiger partial charge in [0, 0.05) is 32.1 Å². The summed E-state index contributed by atoms with van der Waals surface area (Å²) in [6.45, 7) is 0. The SMILES string of the molecule is N#CCC[C@H]1CC[C@@H]2O[C@@H]3CC2(C[C@H]2OC4(CCCCC4)O[C@@H]32)O1. The molecule has 2 spiro atoms. The molecule has 0 radical (unpaired) electrons. The van der Waals surface area contributed by atoms with Gasteiger partial charge in [0.15, 0.2) is 5.79 Å². The maximum absolute atomic E-state index is 8.86. The molecular weight excluding hydrogens is 306 g/mol. The van der Waals surface area contributed by atoms with Gasteiger partial charge >= 0.3 is 0 Å². The molecule has 5 aliphatic rings. The Hall–Kier alpha value is -0.670. The Labute approximate surface area is 143 Å². The molecule has 0 N–H and O–H groups in total. The average Bonchev–Trinajstić information content (AvgIpc) is 3.09. The van der Waals surface area contributed by atoms with E-state index in [9.17, 15) is 0 Å². The van der Waals surface area contributed by atoms with E-state index in [2.05, 4.69) is 6.07 Å². The lowest BCUT2D eigenvalue weighted by Crippen LogP contribution is -2.53. The van der Waals surface area contributed by atoms with Crippen molar-refractivity contribution in [3.63, 3.8) is 0 Å². The molecule has 132 valence electrons. The minimum Gasteiger partial charge on any atom is -0.369 e. The van der Waals surface area contributed by atoms with Gasteiger partial charge in [0.2, 0.25) is 0 Å². The van der Waals surface area contributed by atoms with Crippen molar-refractivity contribution in [2.45, 2.75) is 113 Å². The summed E-state index contributed by atoms with van der Waals surface area (Å²) < 4.78 is 25.9. The Balaban J connectivity index is 1.33. The van der Waals surface area contributed by atoms with Crippen molar-refractivity contribution >= 4 is 0 Å². The Kier molecular flexibility index (Phi) is 3.68. The predicted octanol–water partition coefficient (Wildman–Crippen LogP) is 3.21. The van der Waals surface area contributed by atoms with Gasteiger partial charge in [-0.3, -0.25) is 0 Å². The third kappa shape index (κ3) is 2.34. The van der Waals surface area contributed by atoms with Crippen LogP contribution in [0.3, 0.4) is 0 Å². The van der Waals surface area contributed by atoms with Gasteiger partial charge in [0.1, 0.15) is 6.10 Å². The second-order valence-corrected chi connectivity index (χ2v) is 8.36. The van der Waals surface area contributed by atoms with Crippen molar-refractivity contribution < 1.29 is 18.9 Å². The maximum atomic E-state index is 8.86. The van der Waals surface area contributed by atoms with Crippen molar-refractivity contribution in [3.8, 4) is 6.07 Å². The zero-order chi connectivity index (χ0) is 16.2. The van der Waals surface area contributed by atoms with Gasteiger partial charge in [-0.2, -0.15) is 5.26 Å². The molecule has 2 saturated carbocycles. The molecule has 2 aliphatic carbocycles. The van der Waals surface area contributed by atoms with Crippen molar-refractivity contribution in [3.05, 3.63) is 0 Å². The zero-order valence-electron chi connectivity index (χ0n) is 14.2. The smallest absolute Gasteiger partial charge is 0.169 e. The van der Waals surface area contributed by atoms with E-state index in [0.29, 0.717) is 6.42 Å². The Morgan fingerprint density at radius 2 is 1.79 bits per heavy atom. The minimum atomic E-state index is -0.345. The third-order valence-electron chi connectivity index (χ3n) is 6.81. The predicted molar refractivity (Wildman–Crippen MR) is 85.1 cm³/mol. The summed E-state index contributed by atoms with van der Waals surface area (Å²) >= 11 is 0. The molecule has 2 bridgehead atoms. The van der Waals surface area contributed by atoms with Gasteiger partial charge in [-0.25, -0.2) is 0 Å². The fourth-order valence-corrected chi connectivity index (χ4v) is 5.76. The van der Waals surface area contributed by atoms with Crippen LogP contribution >= 0.6 is 0 Å². The number of ether oxygens (including phenoxy) is 4. The number of hydrogen-bond acceptors (Lipinski definition) is 5. The van der Waals surface area contributed by atoms with Gasteiger partial charge in [-0.1, -0.05) is 6.42 Å². The molecular formula is C19H27NO4. The molecule has 5 nitrogen and oxygen atoms in total. The molecule has 3 heterocycles. The van der Waals surface area contributed by atoms with E-state index in [1.165, 1.54) is 19.3 Å². The Morgan fingerprint density at radius 3 is 2.62 bits per heavy atom. The molecule has 3 aliphatic heterocycles. The van der Waals surface area contributed by atoms with Crippen LogP contribution in [-0.2, 0) is 18.9 Å². The summed E-state index contributed by atoms with van der Waals surface area (Å²) in [5, 5.41) is 8.86. The topological polar surface area (TPSA) is 60.7 Å². The molecule has 1 unspecified atom stereocenters. The lowest BCUT2D eigenvalue weighted by Gasteiger charge is -2.44. The highest BCUT2D eigenvalue weighted by molar-refractivity contribution is 5.12. The minimum absolute atomic E-state index is 0.0838. The quantitative estimate of drug-likeness (QED) is 0.776. The summed E-state index contributed by atoms with van der Waals surface area (Å²) in [6.07, 6.45) is 11.7. The van der Waals surface area contributed by atoms with Gasteiger partial charge in [-0.05, 0) is 32.1 Å². The number of nitrogens with zero attached hydrogens (tertiary/aromatic N) is 1. The van der Waals surface area contributed by atoms with Crippen LogP contribution < -0.4 is 0 Å². The third-order valence-corrected chi connectivity index (χ3v) is 6.81. The lowest BCUT2D eigenvalue weighted by atomic mass is 9.76. The molecule has 0 aromatic carbocycles. The van der Waals surface area contributed by atoms with Crippen LogP contribution in [-0.4, -0.2) is 41.9 Å². The summed E-state index contributed by atoms with van der Waals surface area (Å²) in [5.74, 6) is -0.345. The standard InChI is InChI=1S/C19H27NO4/c20-10-4-5-13-6-7-16-18(22-13)11-14(21-16)17-15(12-18)23-19(24-17)8-2-1-3-9-19/h13-17H,1-9,11-12H2/t13-,14+,15+,16-,17-,18?/m0/s1. The van der Waals surface area contributed by atoms with E-state index < -0.39 is 0 Å². The Bertz CT molecular complexity index is 540. The first-order valence-electron chi connectivity index (χ1n) is 9.78. The van der Waals surface area contributed by atoms with Gasteiger partial charge < -0.3 is 18.9 Å². The normalized spacial score (nSPS) is 48.7. The van der Waals surface area contributed by atoms with Crippen LogP contribution in [0, 0.1) is 11.3 Å². The first-order chi connectivity index (χ1) is 11.7. The van der Waals surface area contributed by atoms with E-state index in [1.807, 2.05) is 0 Å². The first-order valence-corrected chi connectivity index (χ1v) is 9.78. The summed E-state index contributed by atoms with van der Waals surface area (Å²) in [5.41, 5.74) is -0.201. The monoisotopic (exact) mass is 333 g/mol. The van der Waals surface area contributed by atoms with Crippen molar-refractivity contribution in [2.24, 2.45) is 0 Å². The Morgan fingerprint density at radius 1 is 0.958 bits per heavy atom. The lowest BCUT2D eigenvalue weighted by molar-refractivity contribution is -0.215. The van der Waals surface area contributed by atoms with Crippen LogP contribution in [0.2, 0.25) is 0 Å². The average molecular weight is 333 g/mol. The maximum Gasteiger partial charge on any atom is 0.169 e. The van der Waals surface area contributed by atoms with Crippen molar-refractivity contribution in [2.75, 3.05) is 0 Å². The van der Waals surface area contributed by atoms with Crippen LogP contribution in [0.5, 0.6) is 0 Å². The molecule has 3 saturated heterocycles. The summed E-state index contributed by atoms with van der Waals surface area (Å²) in [6, 6.07) is 2.25. The highest BCUT2D eigenvalue weighted by Gasteiger charge is 2.65. The van der Waals surface area contributed by atoms with Crippen molar-refractivity contribution in [1.29, 1.82) is 5.26 Å². The van der Waals surface area contributed by atoms with E-state index in [-0.39, 0.29) is 41.9 Å². The molecule has 5 fully saturated rings. The number of rotatable bonds is 2. The van der Waals surface area contributed by atoms with E-state index in [0.717, 1.165) is 44.9 Å². The first kappa shape index (κ1) is 15.6. The molecule has 6 atom stereocenters. The zero-order valence-corrected chi connectivity index (χ0v) is 14.2. The highest BCUT2D eigenvalue weighted by atomic mass is 16.8. The fourth-order valence-electron chi connectivity index (χ4n) is 5.76. The van der Waals surface area contributed by atoms with Crippen molar-refractivity contribution in [1.82, 2.24) is 0 Å². The highest BCUT2D eigenvalue weighted by Crippen LogP contribution is 2.55. The molecule has 5 rings (SSSR count). The molecule has 0 amide bonds.